The van der Waals surface area contributed by atoms with Gasteiger partial charge in [0, 0.05) is 12.2 Å². The molecule has 4 heteroatoms. The van der Waals surface area contributed by atoms with Crippen molar-refractivity contribution in [2.24, 2.45) is 0 Å². The molecule has 0 aliphatic rings. The number of carbonyl (C=O) groups excluding carboxylic acids is 1. The Balaban J connectivity index is 2.85. The van der Waals surface area contributed by atoms with E-state index in [1.165, 1.54) is 7.11 Å². The van der Waals surface area contributed by atoms with Crippen LogP contribution in [0.15, 0.2) is 30.9 Å². The van der Waals surface area contributed by atoms with Gasteiger partial charge in [0.2, 0.25) is 0 Å². The molecule has 16 heavy (non-hydrogen) atoms. The molecule has 1 rings (SSSR count). The Labute approximate surface area is 95.1 Å². The van der Waals surface area contributed by atoms with Crippen LogP contribution in [0.4, 0.5) is 5.69 Å². The van der Waals surface area contributed by atoms with Gasteiger partial charge in [-0.25, -0.2) is 0 Å². The van der Waals surface area contributed by atoms with Crippen molar-refractivity contribution in [1.29, 1.82) is 0 Å². The Morgan fingerprint density at radius 3 is 3.00 bits per heavy atom. The van der Waals surface area contributed by atoms with E-state index >= 15 is 0 Å². The maximum Gasteiger partial charge on any atom is 0.257 e. The van der Waals surface area contributed by atoms with Gasteiger partial charge in [-0.15, -0.1) is 6.58 Å². The van der Waals surface area contributed by atoms with Crippen LogP contribution in [0.2, 0.25) is 0 Å². The molecule has 0 radical (unpaired) electrons. The minimum Gasteiger partial charge on any atom is -0.496 e. The summed E-state index contributed by atoms with van der Waals surface area (Å²) in [5.74, 6) is 0.257. The van der Waals surface area contributed by atoms with Gasteiger partial charge in [-0.1, -0.05) is 12.1 Å². The fourth-order valence-corrected chi connectivity index (χ4v) is 1.34. The molecule has 0 aliphatic heterocycles. The summed E-state index contributed by atoms with van der Waals surface area (Å²) >= 11 is 0. The lowest BCUT2D eigenvalue weighted by Crippen LogP contribution is -2.25. The summed E-state index contributed by atoms with van der Waals surface area (Å²) in [5, 5.41) is 2.75. The lowest BCUT2D eigenvalue weighted by molar-refractivity contribution is 0.0952. The maximum atomic E-state index is 11.8. The van der Waals surface area contributed by atoms with E-state index in [0.717, 1.165) is 6.42 Å². The molecule has 0 heterocycles. The summed E-state index contributed by atoms with van der Waals surface area (Å²) in [6, 6.07) is 5.12. The zero-order valence-electron chi connectivity index (χ0n) is 9.32. The normalized spacial score (nSPS) is 9.56. The highest BCUT2D eigenvalue weighted by atomic mass is 16.5. The van der Waals surface area contributed by atoms with Crippen molar-refractivity contribution in [3.63, 3.8) is 0 Å². The molecule has 1 aromatic rings. The van der Waals surface area contributed by atoms with Crippen LogP contribution in [0.3, 0.4) is 0 Å². The van der Waals surface area contributed by atoms with Gasteiger partial charge in [0.1, 0.15) is 11.3 Å². The third-order valence-corrected chi connectivity index (χ3v) is 2.14. The van der Waals surface area contributed by atoms with Crippen LogP contribution in [0, 0.1) is 0 Å². The highest BCUT2D eigenvalue weighted by Crippen LogP contribution is 2.23. The predicted molar refractivity (Wildman–Crippen MR) is 64.6 cm³/mol. The van der Waals surface area contributed by atoms with E-state index in [0.29, 0.717) is 23.5 Å². The number of nitrogen functional groups attached to an aromatic ring is 1. The van der Waals surface area contributed by atoms with Gasteiger partial charge in [-0.05, 0) is 18.6 Å². The Kier molecular flexibility index (Phi) is 4.39. The van der Waals surface area contributed by atoms with Gasteiger partial charge in [0.25, 0.3) is 5.91 Å². The summed E-state index contributed by atoms with van der Waals surface area (Å²) in [7, 11) is 1.51. The van der Waals surface area contributed by atoms with Crippen LogP contribution in [0.5, 0.6) is 5.75 Å². The number of amides is 1. The summed E-state index contributed by atoms with van der Waals surface area (Å²) in [5.41, 5.74) is 6.54. The van der Waals surface area contributed by atoms with Crippen LogP contribution in [0.1, 0.15) is 16.8 Å². The van der Waals surface area contributed by atoms with Gasteiger partial charge < -0.3 is 15.8 Å². The van der Waals surface area contributed by atoms with Crippen LogP contribution in [-0.4, -0.2) is 19.6 Å². The minimum absolute atomic E-state index is 0.225. The Morgan fingerprint density at radius 2 is 2.38 bits per heavy atom. The number of nitrogens with two attached hydrogens (primary N) is 1. The fraction of sp³-hybridized carbons (Fsp3) is 0.250. The van der Waals surface area contributed by atoms with Gasteiger partial charge in [-0.2, -0.15) is 0 Å². The standard InChI is InChI=1S/C12H16N2O2/c1-3-4-8-14-12(15)11-9(13)6-5-7-10(11)16-2/h3,5-7H,1,4,8,13H2,2H3,(H,14,15). The summed E-state index contributed by atoms with van der Waals surface area (Å²) < 4.78 is 5.09. The molecule has 0 fully saturated rings. The molecule has 0 spiro atoms. The van der Waals surface area contributed by atoms with Crippen LogP contribution in [-0.2, 0) is 0 Å². The average molecular weight is 220 g/mol. The van der Waals surface area contributed by atoms with E-state index in [-0.39, 0.29) is 5.91 Å². The van der Waals surface area contributed by atoms with Crippen LogP contribution < -0.4 is 15.8 Å². The third kappa shape index (κ3) is 2.76. The molecule has 86 valence electrons. The first-order valence-electron chi connectivity index (χ1n) is 5.02. The molecule has 0 bridgehead atoms. The van der Waals surface area contributed by atoms with Crippen LogP contribution in [0.25, 0.3) is 0 Å². The van der Waals surface area contributed by atoms with E-state index in [2.05, 4.69) is 11.9 Å². The summed E-state index contributed by atoms with van der Waals surface area (Å²) in [4.78, 5) is 11.8. The maximum absolute atomic E-state index is 11.8. The number of anilines is 1. The number of ether oxygens (including phenoxy) is 1. The van der Waals surface area contributed by atoms with Gasteiger partial charge >= 0.3 is 0 Å². The third-order valence-electron chi connectivity index (χ3n) is 2.14. The second-order valence-corrected chi connectivity index (χ2v) is 3.26. The minimum atomic E-state index is -0.225. The van der Waals surface area contributed by atoms with Crippen molar-refractivity contribution >= 4 is 11.6 Å². The monoisotopic (exact) mass is 220 g/mol. The lowest BCUT2D eigenvalue weighted by atomic mass is 10.1. The second kappa shape index (κ2) is 5.80. The number of rotatable bonds is 5. The molecule has 0 saturated heterocycles. The molecule has 3 N–H and O–H groups in total. The van der Waals surface area contributed by atoms with E-state index in [9.17, 15) is 4.79 Å². The van der Waals surface area contributed by atoms with Crippen molar-refractivity contribution in [3.05, 3.63) is 36.4 Å². The zero-order chi connectivity index (χ0) is 12.0. The van der Waals surface area contributed by atoms with Crippen molar-refractivity contribution in [2.75, 3.05) is 19.4 Å². The van der Waals surface area contributed by atoms with Crippen molar-refractivity contribution < 1.29 is 9.53 Å². The molecule has 0 unspecified atom stereocenters. The fourth-order valence-electron chi connectivity index (χ4n) is 1.34. The molecule has 0 saturated carbocycles. The van der Waals surface area contributed by atoms with E-state index in [1.54, 1.807) is 24.3 Å². The average Bonchev–Trinajstić information content (AvgIpc) is 2.28. The Hall–Kier alpha value is -1.97. The molecule has 0 aliphatic carbocycles. The smallest absolute Gasteiger partial charge is 0.257 e. The van der Waals surface area contributed by atoms with E-state index in [4.69, 9.17) is 10.5 Å². The molecule has 1 aromatic carbocycles. The first-order valence-corrected chi connectivity index (χ1v) is 5.02. The number of benzene rings is 1. The number of hydrogen-bond acceptors (Lipinski definition) is 3. The summed E-state index contributed by atoms with van der Waals surface area (Å²) in [6.45, 7) is 4.12. The first kappa shape index (κ1) is 12.1. The number of hydrogen-bond donors (Lipinski definition) is 2. The molecular formula is C12H16N2O2. The highest BCUT2D eigenvalue weighted by molar-refractivity contribution is 6.01. The number of nitrogens with one attached hydrogen (secondary N) is 1. The first-order chi connectivity index (χ1) is 7.70. The Bertz CT molecular complexity index is 389. The molecule has 0 aromatic heterocycles. The zero-order valence-corrected chi connectivity index (χ0v) is 9.32. The molecule has 1 amide bonds. The molecule has 0 atom stereocenters. The predicted octanol–water partition coefficient (Wildman–Crippen LogP) is 1.58. The van der Waals surface area contributed by atoms with Gasteiger partial charge in [0.15, 0.2) is 0 Å². The van der Waals surface area contributed by atoms with E-state index < -0.39 is 0 Å². The van der Waals surface area contributed by atoms with Crippen LogP contribution >= 0.6 is 0 Å². The largest absolute Gasteiger partial charge is 0.496 e. The van der Waals surface area contributed by atoms with Crippen molar-refractivity contribution in [3.8, 4) is 5.75 Å². The quantitative estimate of drug-likeness (QED) is 0.450. The molecule has 4 nitrogen and oxygen atoms in total. The topological polar surface area (TPSA) is 64.4 Å². The number of carbonyl (C=O) groups is 1. The van der Waals surface area contributed by atoms with Crippen molar-refractivity contribution in [2.45, 2.75) is 6.42 Å². The lowest BCUT2D eigenvalue weighted by Gasteiger charge is -2.10. The highest BCUT2D eigenvalue weighted by Gasteiger charge is 2.14. The van der Waals surface area contributed by atoms with E-state index in [1.807, 2.05) is 0 Å². The Morgan fingerprint density at radius 1 is 1.62 bits per heavy atom. The number of methoxy groups -OCH3 is 1. The van der Waals surface area contributed by atoms with Crippen molar-refractivity contribution in [1.82, 2.24) is 5.32 Å². The summed E-state index contributed by atoms with van der Waals surface area (Å²) in [6.07, 6.45) is 2.46. The van der Waals surface area contributed by atoms with Gasteiger partial charge in [0.05, 0.1) is 7.11 Å². The van der Waals surface area contributed by atoms with Gasteiger partial charge in [-0.3, -0.25) is 4.79 Å². The molecular weight excluding hydrogens is 204 g/mol. The SMILES string of the molecule is C=CCCNC(=O)c1c(N)cccc1OC. The second-order valence-electron chi connectivity index (χ2n) is 3.26.